The molecular formula is C12H12F2N2O3. The van der Waals surface area contributed by atoms with Crippen LogP contribution in [0.1, 0.15) is 17.3 Å². The molecule has 1 rings (SSSR count). The maximum absolute atomic E-state index is 13.3. The van der Waals surface area contributed by atoms with Gasteiger partial charge in [-0.1, -0.05) is 6.07 Å². The van der Waals surface area contributed by atoms with E-state index in [1.807, 2.05) is 0 Å². The molecule has 0 saturated carbocycles. The molecule has 1 N–H and O–H groups in total. The first-order valence-electron chi connectivity index (χ1n) is 5.49. The number of carbonyl (C=O) groups is 1. The molecule has 0 spiro atoms. The third-order valence-corrected chi connectivity index (χ3v) is 2.09. The van der Waals surface area contributed by atoms with Gasteiger partial charge < -0.3 is 5.32 Å². The summed E-state index contributed by atoms with van der Waals surface area (Å²) in [5.74, 6) is -3.03. The Labute approximate surface area is 108 Å². The molecule has 0 saturated heterocycles. The summed E-state index contributed by atoms with van der Waals surface area (Å²) in [5.41, 5.74) is -0.737. The fourth-order valence-electron chi connectivity index (χ4n) is 1.26. The van der Waals surface area contributed by atoms with E-state index >= 15 is 0 Å². The first-order chi connectivity index (χ1) is 9.10. The Hall–Kier alpha value is -2.04. The number of carbonyl (C=O) groups excluding carboxylic acids is 1. The molecule has 0 aliphatic heterocycles. The van der Waals surface area contributed by atoms with Crippen molar-refractivity contribution < 1.29 is 23.4 Å². The van der Waals surface area contributed by atoms with E-state index in [9.17, 15) is 13.6 Å². The molecule has 0 aliphatic carbocycles. The van der Waals surface area contributed by atoms with Crippen molar-refractivity contribution in [2.45, 2.75) is 13.0 Å². The largest absolute Gasteiger partial charge is 0.334 e. The number of nitrogens with one attached hydrogen (secondary N) is 1. The first kappa shape index (κ1) is 15.0. The van der Waals surface area contributed by atoms with Crippen LogP contribution in [-0.4, -0.2) is 25.2 Å². The molecule has 1 aromatic carbocycles. The van der Waals surface area contributed by atoms with Crippen LogP contribution in [0, 0.1) is 23.0 Å². The van der Waals surface area contributed by atoms with Gasteiger partial charge in [0.15, 0.2) is 0 Å². The highest BCUT2D eigenvalue weighted by Crippen LogP contribution is 2.11. The lowest BCUT2D eigenvalue weighted by atomic mass is 10.1. The van der Waals surface area contributed by atoms with Crippen molar-refractivity contribution in [3.05, 3.63) is 35.4 Å². The smallest absolute Gasteiger partial charge is 0.258 e. The van der Waals surface area contributed by atoms with Crippen LogP contribution in [0.15, 0.2) is 18.2 Å². The average Bonchev–Trinajstić information content (AvgIpc) is 2.37. The molecule has 0 aromatic heterocycles. The predicted molar refractivity (Wildman–Crippen MR) is 60.8 cm³/mol. The normalized spacial score (nSPS) is 11.7. The number of nitriles is 1. The van der Waals surface area contributed by atoms with Crippen molar-refractivity contribution in [3.8, 4) is 6.07 Å². The Balaban J connectivity index is 2.70. The summed E-state index contributed by atoms with van der Waals surface area (Å²) in [5, 5.41) is 10.9. The van der Waals surface area contributed by atoms with Crippen LogP contribution in [0.3, 0.4) is 0 Å². The van der Waals surface area contributed by atoms with Crippen LogP contribution in [0.4, 0.5) is 8.78 Å². The number of benzene rings is 1. The van der Waals surface area contributed by atoms with E-state index in [1.165, 1.54) is 0 Å². The SMILES string of the molecule is CCOOCC(C#N)NC(=O)c1c(F)cccc1F. The quantitative estimate of drug-likeness (QED) is 0.483. The number of nitrogens with zero attached hydrogens (tertiary/aromatic N) is 1. The van der Waals surface area contributed by atoms with Gasteiger partial charge in [-0.15, -0.1) is 0 Å². The highest BCUT2D eigenvalue weighted by molar-refractivity contribution is 5.95. The van der Waals surface area contributed by atoms with Gasteiger partial charge in [0.1, 0.15) is 29.8 Å². The molecule has 1 amide bonds. The summed E-state index contributed by atoms with van der Waals surface area (Å²) in [6.45, 7) is 1.70. The number of halogens is 2. The van der Waals surface area contributed by atoms with Crippen molar-refractivity contribution in [2.24, 2.45) is 0 Å². The molecule has 0 fully saturated rings. The van der Waals surface area contributed by atoms with Crippen LogP contribution in [0.25, 0.3) is 0 Å². The van der Waals surface area contributed by atoms with Crippen LogP contribution in [0.5, 0.6) is 0 Å². The molecule has 0 radical (unpaired) electrons. The number of amides is 1. The zero-order valence-corrected chi connectivity index (χ0v) is 10.2. The van der Waals surface area contributed by atoms with Crippen molar-refractivity contribution >= 4 is 5.91 Å². The summed E-state index contributed by atoms with van der Waals surface area (Å²) in [4.78, 5) is 20.8. The number of hydrogen-bond acceptors (Lipinski definition) is 4. The summed E-state index contributed by atoms with van der Waals surface area (Å²) in [7, 11) is 0. The lowest BCUT2D eigenvalue weighted by molar-refractivity contribution is -0.292. The van der Waals surface area contributed by atoms with Gasteiger partial charge in [-0.2, -0.15) is 5.26 Å². The Morgan fingerprint density at radius 1 is 1.42 bits per heavy atom. The van der Waals surface area contributed by atoms with Crippen LogP contribution >= 0.6 is 0 Å². The van der Waals surface area contributed by atoms with Gasteiger partial charge in [0.25, 0.3) is 5.91 Å². The summed E-state index contributed by atoms with van der Waals surface area (Å²) >= 11 is 0. The standard InChI is InChI=1S/C12H12F2N2O3/c1-2-18-19-7-8(6-15)16-12(17)11-9(13)4-3-5-10(11)14/h3-5,8H,2,7H2,1H3,(H,16,17). The fraction of sp³-hybridized carbons (Fsp3) is 0.333. The molecule has 0 heterocycles. The number of hydrogen-bond donors (Lipinski definition) is 1. The molecule has 102 valence electrons. The third kappa shape index (κ3) is 4.28. The van der Waals surface area contributed by atoms with Crippen molar-refractivity contribution in [1.82, 2.24) is 5.32 Å². The van der Waals surface area contributed by atoms with Gasteiger partial charge in [-0.3, -0.25) is 4.79 Å². The van der Waals surface area contributed by atoms with Crippen molar-refractivity contribution in [2.75, 3.05) is 13.2 Å². The van der Waals surface area contributed by atoms with Crippen LogP contribution in [-0.2, 0) is 9.78 Å². The van der Waals surface area contributed by atoms with Gasteiger partial charge in [-0.25, -0.2) is 18.6 Å². The molecule has 0 aliphatic rings. The van der Waals surface area contributed by atoms with Crippen LogP contribution < -0.4 is 5.32 Å². The van der Waals surface area contributed by atoms with E-state index in [4.69, 9.17) is 5.26 Å². The van der Waals surface area contributed by atoms with Crippen molar-refractivity contribution in [1.29, 1.82) is 5.26 Å². The zero-order chi connectivity index (χ0) is 14.3. The van der Waals surface area contributed by atoms with Gasteiger partial charge in [0.2, 0.25) is 0 Å². The van der Waals surface area contributed by atoms with E-state index < -0.39 is 29.1 Å². The second-order valence-electron chi connectivity index (χ2n) is 3.44. The summed E-state index contributed by atoms with van der Waals surface area (Å²) in [6.07, 6.45) is 0. The zero-order valence-electron chi connectivity index (χ0n) is 10.2. The average molecular weight is 270 g/mol. The van der Waals surface area contributed by atoms with E-state index in [1.54, 1.807) is 13.0 Å². The third-order valence-electron chi connectivity index (χ3n) is 2.09. The molecule has 5 nitrogen and oxygen atoms in total. The van der Waals surface area contributed by atoms with Gasteiger partial charge in [-0.05, 0) is 19.1 Å². The second-order valence-corrected chi connectivity index (χ2v) is 3.44. The van der Waals surface area contributed by atoms with Gasteiger partial charge >= 0.3 is 0 Å². The second kappa shape index (κ2) is 7.41. The highest BCUT2D eigenvalue weighted by Gasteiger charge is 2.20. The maximum atomic E-state index is 13.3. The lowest BCUT2D eigenvalue weighted by Gasteiger charge is -2.11. The van der Waals surface area contributed by atoms with Crippen molar-refractivity contribution in [3.63, 3.8) is 0 Å². The minimum Gasteiger partial charge on any atom is -0.334 e. The first-order valence-corrected chi connectivity index (χ1v) is 5.49. The molecule has 1 unspecified atom stereocenters. The van der Waals surface area contributed by atoms with E-state index in [0.29, 0.717) is 0 Å². The Bertz CT molecular complexity index is 468. The topological polar surface area (TPSA) is 71.3 Å². The lowest BCUT2D eigenvalue weighted by Crippen LogP contribution is -2.38. The van der Waals surface area contributed by atoms with E-state index in [2.05, 4.69) is 15.1 Å². The number of rotatable bonds is 6. The fourth-order valence-corrected chi connectivity index (χ4v) is 1.26. The highest BCUT2D eigenvalue weighted by atomic mass is 19.1. The summed E-state index contributed by atoms with van der Waals surface area (Å²) < 4.78 is 26.6. The summed E-state index contributed by atoms with van der Waals surface area (Å²) in [6, 6.07) is 3.70. The maximum Gasteiger partial charge on any atom is 0.258 e. The molecule has 0 bridgehead atoms. The molecule has 7 heteroatoms. The minimum atomic E-state index is -1.07. The van der Waals surface area contributed by atoms with E-state index in [0.717, 1.165) is 18.2 Å². The van der Waals surface area contributed by atoms with Crippen LogP contribution in [0.2, 0.25) is 0 Å². The predicted octanol–water partition coefficient (Wildman–Crippen LogP) is 1.55. The molecule has 1 atom stereocenters. The van der Waals surface area contributed by atoms with Gasteiger partial charge in [0, 0.05) is 0 Å². The Kier molecular flexibility index (Phi) is 5.85. The van der Waals surface area contributed by atoms with E-state index in [-0.39, 0.29) is 13.2 Å². The molecule has 1 aromatic rings. The molecular weight excluding hydrogens is 258 g/mol. The Morgan fingerprint density at radius 2 is 2.05 bits per heavy atom. The molecule has 19 heavy (non-hydrogen) atoms. The minimum absolute atomic E-state index is 0.244. The monoisotopic (exact) mass is 270 g/mol. The Morgan fingerprint density at radius 3 is 2.58 bits per heavy atom. The van der Waals surface area contributed by atoms with Gasteiger partial charge in [0.05, 0.1) is 12.7 Å².